The molecule has 0 aliphatic rings. The average Bonchev–Trinajstić information content (AvgIpc) is 2.78. The standard InChI is InChI=1S/C22H23N5O5/c1-5-14-6-7-15(25-21-8-13(2)23-12-24-21)9-17(14)26-22(28)16-10-19(31-3)20(32-4)11-18(16)27(29)30/h6-12H,5H2,1-4H3,(H,26,28)(H,23,24,25). The molecule has 2 N–H and O–H groups in total. The number of nitrogens with one attached hydrogen (secondary N) is 2. The van der Waals surface area contributed by atoms with Gasteiger partial charge in [-0.05, 0) is 31.0 Å². The molecule has 10 heteroatoms. The Hall–Kier alpha value is -4.21. The molecule has 166 valence electrons. The van der Waals surface area contributed by atoms with Crippen LogP contribution in [0.5, 0.6) is 11.5 Å². The van der Waals surface area contributed by atoms with Crippen molar-refractivity contribution in [3.63, 3.8) is 0 Å². The highest BCUT2D eigenvalue weighted by Gasteiger charge is 2.25. The summed E-state index contributed by atoms with van der Waals surface area (Å²) in [5, 5.41) is 17.5. The molecule has 0 unspecified atom stereocenters. The minimum Gasteiger partial charge on any atom is -0.493 e. The first kappa shape index (κ1) is 22.5. The Kier molecular flexibility index (Phi) is 6.83. The zero-order chi connectivity index (χ0) is 23.3. The van der Waals surface area contributed by atoms with Crippen LogP contribution in [0.1, 0.15) is 28.5 Å². The van der Waals surface area contributed by atoms with Gasteiger partial charge in [0.2, 0.25) is 0 Å². The van der Waals surface area contributed by atoms with Gasteiger partial charge in [0.15, 0.2) is 11.5 Å². The lowest BCUT2D eigenvalue weighted by Gasteiger charge is -2.14. The van der Waals surface area contributed by atoms with E-state index in [4.69, 9.17) is 9.47 Å². The molecule has 0 aliphatic carbocycles. The molecular formula is C22H23N5O5. The van der Waals surface area contributed by atoms with Crippen LogP contribution in [0.2, 0.25) is 0 Å². The highest BCUT2D eigenvalue weighted by atomic mass is 16.6. The number of carbonyl (C=O) groups excluding carboxylic acids is 1. The third-order valence-corrected chi connectivity index (χ3v) is 4.76. The summed E-state index contributed by atoms with van der Waals surface area (Å²) >= 11 is 0. The van der Waals surface area contributed by atoms with Crippen molar-refractivity contribution in [1.29, 1.82) is 0 Å². The summed E-state index contributed by atoms with van der Waals surface area (Å²) < 4.78 is 10.3. The van der Waals surface area contributed by atoms with Gasteiger partial charge < -0.3 is 20.1 Å². The van der Waals surface area contributed by atoms with Gasteiger partial charge in [0.1, 0.15) is 17.7 Å². The van der Waals surface area contributed by atoms with Crippen molar-refractivity contribution in [3.8, 4) is 11.5 Å². The number of benzene rings is 2. The first-order valence-electron chi connectivity index (χ1n) is 9.76. The van der Waals surface area contributed by atoms with Crippen molar-refractivity contribution >= 4 is 28.8 Å². The van der Waals surface area contributed by atoms with Crippen molar-refractivity contribution in [2.24, 2.45) is 0 Å². The van der Waals surface area contributed by atoms with E-state index in [0.717, 1.165) is 11.3 Å². The van der Waals surface area contributed by atoms with Crippen LogP contribution >= 0.6 is 0 Å². The van der Waals surface area contributed by atoms with E-state index < -0.39 is 10.8 Å². The summed E-state index contributed by atoms with van der Waals surface area (Å²) in [7, 11) is 2.76. The number of aromatic nitrogens is 2. The molecule has 1 aromatic heterocycles. The second-order valence-electron chi connectivity index (χ2n) is 6.83. The van der Waals surface area contributed by atoms with E-state index >= 15 is 0 Å². The Morgan fingerprint density at radius 2 is 1.81 bits per heavy atom. The number of hydrogen-bond donors (Lipinski definition) is 2. The maximum Gasteiger partial charge on any atom is 0.286 e. The van der Waals surface area contributed by atoms with E-state index in [2.05, 4.69) is 20.6 Å². The minimum absolute atomic E-state index is 0.139. The summed E-state index contributed by atoms with van der Waals surface area (Å²) in [4.78, 5) is 32.2. The minimum atomic E-state index is -0.637. The second-order valence-corrected chi connectivity index (χ2v) is 6.83. The van der Waals surface area contributed by atoms with Crippen LogP contribution in [0.4, 0.5) is 22.9 Å². The zero-order valence-corrected chi connectivity index (χ0v) is 18.1. The van der Waals surface area contributed by atoms with E-state index in [1.807, 2.05) is 26.0 Å². The molecule has 0 saturated carbocycles. The lowest BCUT2D eigenvalue weighted by molar-refractivity contribution is -0.385. The van der Waals surface area contributed by atoms with Gasteiger partial charge in [0, 0.05) is 29.2 Å². The van der Waals surface area contributed by atoms with Crippen LogP contribution in [-0.4, -0.2) is 35.0 Å². The molecule has 0 fully saturated rings. The third kappa shape index (κ3) is 4.91. The number of nitro groups is 1. The van der Waals surface area contributed by atoms with Crippen LogP contribution < -0.4 is 20.1 Å². The lowest BCUT2D eigenvalue weighted by atomic mass is 10.1. The number of carbonyl (C=O) groups is 1. The van der Waals surface area contributed by atoms with Crippen LogP contribution in [-0.2, 0) is 6.42 Å². The number of anilines is 3. The number of methoxy groups -OCH3 is 2. The molecule has 10 nitrogen and oxygen atoms in total. The van der Waals surface area contributed by atoms with Gasteiger partial charge in [-0.1, -0.05) is 13.0 Å². The Morgan fingerprint density at radius 3 is 2.44 bits per heavy atom. The maximum atomic E-state index is 13.0. The smallest absolute Gasteiger partial charge is 0.286 e. The van der Waals surface area contributed by atoms with E-state index in [9.17, 15) is 14.9 Å². The molecule has 32 heavy (non-hydrogen) atoms. The summed E-state index contributed by atoms with van der Waals surface area (Å²) in [5.41, 5.74) is 2.37. The molecule has 2 aromatic carbocycles. The van der Waals surface area contributed by atoms with Gasteiger partial charge in [0.05, 0.1) is 25.2 Å². The van der Waals surface area contributed by atoms with Crippen LogP contribution in [0.3, 0.4) is 0 Å². The molecule has 3 aromatic rings. The van der Waals surface area contributed by atoms with Crippen molar-refractivity contribution in [2.45, 2.75) is 20.3 Å². The molecule has 0 bridgehead atoms. The number of rotatable bonds is 8. The molecule has 1 amide bonds. The number of aryl methyl sites for hydroxylation is 2. The topological polar surface area (TPSA) is 129 Å². The molecule has 1 heterocycles. The molecule has 0 saturated heterocycles. The molecule has 0 radical (unpaired) electrons. The maximum absolute atomic E-state index is 13.0. The van der Waals surface area contributed by atoms with Crippen molar-refractivity contribution in [3.05, 3.63) is 69.7 Å². The summed E-state index contributed by atoms with van der Waals surface area (Å²) in [6.45, 7) is 3.81. The van der Waals surface area contributed by atoms with Crippen molar-refractivity contribution < 1.29 is 19.2 Å². The first-order valence-corrected chi connectivity index (χ1v) is 9.76. The van der Waals surface area contributed by atoms with Crippen LogP contribution in [0, 0.1) is 17.0 Å². The number of ether oxygens (including phenoxy) is 2. The van der Waals surface area contributed by atoms with Crippen molar-refractivity contribution in [2.75, 3.05) is 24.9 Å². The van der Waals surface area contributed by atoms with E-state index in [0.29, 0.717) is 23.6 Å². The predicted molar refractivity (Wildman–Crippen MR) is 120 cm³/mol. The summed E-state index contributed by atoms with van der Waals surface area (Å²) in [5.74, 6) is 0.349. The summed E-state index contributed by atoms with van der Waals surface area (Å²) in [6.07, 6.45) is 2.10. The molecule has 0 spiro atoms. The Balaban J connectivity index is 1.95. The number of nitrogens with zero attached hydrogens (tertiary/aromatic N) is 3. The fourth-order valence-electron chi connectivity index (χ4n) is 3.14. The predicted octanol–water partition coefficient (Wildman–Crippen LogP) is 4.27. The highest BCUT2D eigenvalue weighted by Crippen LogP contribution is 2.35. The first-order chi connectivity index (χ1) is 15.4. The number of nitro benzene ring substituents is 1. The zero-order valence-electron chi connectivity index (χ0n) is 18.1. The number of hydrogen-bond acceptors (Lipinski definition) is 8. The SMILES string of the molecule is CCc1ccc(Nc2cc(C)ncn2)cc1NC(=O)c1cc(OC)c(OC)cc1[N+](=O)[O-]. The van der Waals surface area contributed by atoms with E-state index in [1.54, 1.807) is 12.1 Å². The quantitative estimate of drug-likeness (QED) is 0.395. The Labute approximate surface area is 184 Å². The lowest BCUT2D eigenvalue weighted by Crippen LogP contribution is -2.16. The molecule has 0 aliphatic heterocycles. The largest absolute Gasteiger partial charge is 0.493 e. The fraction of sp³-hybridized carbons (Fsp3) is 0.227. The average molecular weight is 437 g/mol. The Morgan fingerprint density at radius 1 is 1.09 bits per heavy atom. The third-order valence-electron chi connectivity index (χ3n) is 4.76. The molecule has 0 atom stereocenters. The summed E-state index contributed by atoms with van der Waals surface area (Å²) in [6, 6.07) is 9.74. The van der Waals surface area contributed by atoms with E-state index in [-0.39, 0.29) is 22.7 Å². The van der Waals surface area contributed by atoms with Gasteiger partial charge in [-0.3, -0.25) is 14.9 Å². The van der Waals surface area contributed by atoms with E-state index in [1.165, 1.54) is 32.7 Å². The van der Waals surface area contributed by atoms with Gasteiger partial charge in [0.25, 0.3) is 11.6 Å². The Bertz CT molecular complexity index is 1170. The fourth-order valence-corrected chi connectivity index (χ4v) is 3.14. The molecule has 3 rings (SSSR count). The van der Waals surface area contributed by atoms with Gasteiger partial charge >= 0.3 is 0 Å². The van der Waals surface area contributed by atoms with Gasteiger partial charge in [-0.15, -0.1) is 0 Å². The van der Waals surface area contributed by atoms with Gasteiger partial charge in [-0.25, -0.2) is 9.97 Å². The van der Waals surface area contributed by atoms with Crippen molar-refractivity contribution in [1.82, 2.24) is 9.97 Å². The van der Waals surface area contributed by atoms with Crippen LogP contribution in [0.15, 0.2) is 42.7 Å². The molecular weight excluding hydrogens is 414 g/mol. The highest BCUT2D eigenvalue weighted by molar-refractivity contribution is 6.08. The van der Waals surface area contributed by atoms with Gasteiger partial charge in [-0.2, -0.15) is 0 Å². The normalized spacial score (nSPS) is 10.4. The monoisotopic (exact) mass is 437 g/mol. The number of amides is 1. The van der Waals surface area contributed by atoms with Crippen LogP contribution in [0.25, 0.3) is 0 Å². The second kappa shape index (κ2) is 9.73.